The molecule has 3 heterocycles. The monoisotopic (exact) mass is 490 g/mol. The van der Waals surface area contributed by atoms with Crippen molar-refractivity contribution in [2.45, 2.75) is 33.2 Å². The lowest BCUT2D eigenvalue weighted by molar-refractivity contribution is -0.0256. The largest absolute Gasteiger partial charge is 0.459 e. The van der Waals surface area contributed by atoms with Crippen LogP contribution in [0.4, 0.5) is 10.1 Å². The van der Waals surface area contributed by atoms with E-state index >= 15 is 0 Å². The Morgan fingerprint density at radius 2 is 1.81 bits per heavy atom. The molecule has 2 aromatic heterocycles. The molecule has 36 heavy (non-hydrogen) atoms. The molecule has 0 unspecified atom stereocenters. The number of oxazole rings is 1. The van der Waals surface area contributed by atoms with Gasteiger partial charge in [0.05, 0.1) is 12.7 Å². The van der Waals surface area contributed by atoms with Gasteiger partial charge in [-0.2, -0.15) is 4.39 Å². The van der Waals surface area contributed by atoms with E-state index < -0.39 is 5.85 Å². The maximum absolute atomic E-state index is 13.7. The summed E-state index contributed by atoms with van der Waals surface area (Å²) in [4.78, 5) is 13.7. The first-order valence-corrected chi connectivity index (χ1v) is 12.1. The summed E-state index contributed by atoms with van der Waals surface area (Å²) in [6.45, 7) is 9.47. The molecule has 9 heteroatoms. The van der Waals surface area contributed by atoms with Crippen molar-refractivity contribution >= 4 is 5.69 Å². The van der Waals surface area contributed by atoms with Crippen LogP contribution in [0.25, 0.3) is 23.0 Å². The summed E-state index contributed by atoms with van der Waals surface area (Å²) in [7, 11) is 2.16. The second-order valence-corrected chi connectivity index (χ2v) is 9.62. The fraction of sp³-hybridized carbons (Fsp3) is 0.370. The van der Waals surface area contributed by atoms with E-state index in [1.807, 2.05) is 11.6 Å². The van der Waals surface area contributed by atoms with E-state index in [0.717, 1.165) is 43.1 Å². The van der Waals surface area contributed by atoms with Crippen molar-refractivity contribution in [2.75, 3.05) is 38.1 Å². The molecule has 0 saturated carbocycles. The third-order valence-corrected chi connectivity index (χ3v) is 6.16. The summed E-state index contributed by atoms with van der Waals surface area (Å²) < 4.78 is 26.8. The van der Waals surface area contributed by atoms with Gasteiger partial charge < -0.3 is 19.0 Å². The Bertz CT molecular complexity index is 1320. The first kappa shape index (κ1) is 24.0. The topological polar surface area (TPSA) is 72.4 Å². The normalized spacial score (nSPS) is 14.9. The Morgan fingerprint density at radius 3 is 2.53 bits per heavy atom. The van der Waals surface area contributed by atoms with E-state index in [1.165, 1.54) is 19.5 Å². The molecular formula is C27H31FN6O2. The minimum atomic E-state index is -1.74. The Morgan fingerprint density at radius 1 is 1.06 bits per heavy atom. The second kappa shape index (κ2) is 9.73. The van der Waals surface area contributed by atoms with Crippen molar-refractivity contribution in [1.82, 2.24) is 24.6 Å². The smallest absolute Gasteiger partial charge is 0.267 e. The third-order valence-electron chi connectivity index (χ3n) is 6.16. The lowest BCUT2D eigenvalue weighted by Crippen LogP contribution is -2.44. The summed E-state index contributed by atoms with van der Waals surface area (Å²) in [5.74, 6) is 0.847. The number of halogens is 1. The lowest BCUT2D eigenvalue weighted by Gasteiger charge is -2.34. The number of aryl methyl sites for hydroxylation is 1. The molecule has 1 aliphatic rings. The van der Waals surface area contributed by atoms with Crippen LogP contribution in [-0.2, 0) is 6.54 Å². The van der Waals surface area contributed by atoms with E-state index in [1.54, 1.807) is 30.5 Å². The van der Waals surface area contributed by atoms with E-state index in [0.29, 0.717) is 29.8 Å². The molecule has 188 valence electrons. The molecule has 0 spiro atoms. The number of likely N-dealkylation sites (N-methyl/N-ethyl adjacent to an activating group) is 1. The van der Waals surface area contributed by atoms with Crippen molar-refractivity contribution in [3.8, 4) is 28.8 Å². The molecule has 1 fully saturated rings. The van der Waals surface area contributed by atoms with Crippen molar-refractivity contribution in [2.24, 2.45) is 0 Å². The summed E-state index contributed by atoms with van der Waals surface area (Å²) in [6, 6.07) is 15.6. The molecular weight excluding hydrogens is 459 g/mol. The number of benzene rings is 2. The van der Waals surface area contributed by atoms with Gasteiger partial charge in [-0.3, -0.25) is 0 Å². The first-order chi connectivity index (χ1) is 17.2. The van der Waals surface area contributed by atoms with Crippen LogP contribution in [0.2, 0.25) is 0 Å². The zero-order valence-electron chi connectivity index (χ0n) is 21.1. The van der Waals surface area contributed by atoms with Crippen LogP contribution in [0.5, 0.6) is 5.75 Å². The number of ether oxygens (including phenoxy) is 1. The highest BCUT2D eigenvalue weighted by Gasteiger charge is 2.19. The predicted octanol–water partition coefficient (Wildman–Crippen LogP) is 4.79. The zero-order valence-corrected chi connectivity index (χ0v) is 21.1. The molecule has 1 aliphatic heterocycles. The van der Waals surface area contributed by atoms with Crippen LogP contribution in [0.3, 0.4) is 0 Å². The SMILES string of the molecule is Cc1nc(-c2ncc(-c3ccc(OC(C)(C)F)cc3)o2)nn1Cc1cccc(N2CCN(C)CC2)c1. The van der Waals surface area contributed by atoms with Crippen molar-refractivity contribution < 1.29 is 13.5 Å². The highest BCUT2D eigenvalue weighted by molar-refractivity contribution is 5.59. The van der Waals surface area contributed by atoms with Gasteiger partial charge in [-0.25, -0.2) is 14.6 Å². The molecule has 0 N–H and O–H groups in total. The van der Waals surface area contributed by atoms with E-state index in [-0.39, 0.29) is 0 Å². The average Bonchev–Trinajstić information content (AvgIpc) is 3.47. The van der Waals surface area contributed by atoms with Crippen molar-refractivity contribution in [3.63, 3.8) is 0 Å². The van der Waals surface area contributed by atoms with Crippen LogP contribution in [0.15, 0.2) is 59.1 Å². The minimum Gasteiger partial charge on any atom is -0.459 e. The minimum absolute atomic E-state index is 0.350. The highest BCUT2D eigenvalue weighted by Crippen LogP contribution is 2.28. The number of rotatable bonds is 7. The van der Waals surface area contributed by atoms with Gasteiger partial charge >= 0.3 is 0 Å². The van der Waals surface area contributed by atoms with Crippen LogP contribution in [0, 0.1) is 6.92 Å². The van der Waals surface area contributed by atoms with Gasteiger partial charge in [0, 0.05) is 51.3 Å². The maximum atomic E-state index is 13.7. The van der Waals surface area contributed by atoms with Crippen molar-refractivity contribution in [3.05, 3.63) is 66.1 Å². The molecule has 1 saturated heterocycles. The van der Waals surface area contributed by atoms with Gasteiger partial charge in [-0.15, -0.1) is 5.10 Å². The Kier molecular flexibility index (Phi) is 6.49. The predicted molar refractivity (Wildman–Crippen MR) is 137 cm³/mol. The first-order valence-electron chi connectivity index (χ1n) is 12.1. The van der Waals surface area contributed by atoms with Crippen LogP contribution >= 0.6 is 0 Å². The number of hydrogen-bond donors (Lipinski definition) is 0. The van der Waals surface area contributed by atoms with Gasteiger partial charge in [-0.1, -0.05) is 12.1 Å². The Balaban J connectivity index is 1.29. The average molecular weight is 491 g/mol. The summed E-state index contributed by atoms with van der Waals surface area (Å²) in [5, 5.41) is 4.66. The molecule has 0 amide bonds. The van der Waals surface area contributed by atoms with Gasteiger partial charge in [0.2, 0.25) is 11.7 Å². The maximum Gasteiger partial charge on any atom is 0.267 e. The lowest BCUT2D eigenvalue weighted by atomic mass is 10.1. The second-order valence-electron chi connectivity index (χ2n) is 9.62. The molecule has 0 radical (unpaired) electrons. The number of anilines is 1. The summed E-state index contributed by atoms with van der Waals surface area (Å²) >= 11 is 0. The van der Waals surface area contributed by atoms with Crippen LogP contribution in [0.1, 0.15) is 25.2 Å². The highest BCUT2D eigenvalue weighted by atomic mass is 19.2. The summed E-state index contributed by atoms with van der Waals surface area (Å²) in [6.07, 6.45) is 1.64. The molecule has 2 aromatic carbocycles. The molecule has 0 bridgehead atoms. The van der Waals surface area contributed by atoms with Crippen LogP contribution in [-0.4, -0.2) is 63.7 Å². The standard InChI is InChI=1S/C27H31FN6O2/c1-19-30-25(26-29-17-24(35-26)21-8-10-23(11-9-21)36-27(2,3)28)31-34(19)18-20-6-5-7-22(16-20)33-14-12-32(4)13-15-33/h5-11,16-17H,12-15,18H2,1-4H3. The Hall–Kier alpha value is -3.72. The third kappa shape index (κ3) is 5.57. The molecule has 0 atom stereocenters. The number of nitrogens with zero attached hydrogens (tertiary/aromatic N) is 6. The van der Waals surface area contributed by atoms with E-state index in [2.05, 4.69) is 56.2 Å². The fourth-order valence-corrected chi connectivity index (χ4v) is 4.23. The number of alkyl halides is 1. The van der Waals surface area contributed by atoms with Gasteiger partial charge in [0.25, 0.3) is 5.89 Å². The number of hydrogen-bond acceptors (Lipinski definition) is 7. The molecule has 5 rings (SSSR count). The zero-order chi connectivity index (χ0) is 25.3. The molecule has 0 aliphatic carbocycles. The summed E-state index contributed by atoms with van der Waals surface area (Å²) in [5.41, 5.74) is 3.20. The molecule has 4 aromatic rings. The van der Waals surface area contributed by atoms with Crippen LogP contribution < -0.4 is 9.64 Å². The molecule has 8 nitrogen and oxygen atoms in total. The quantitative estimate of drug-likeness (QED) is 0.369. The van der Waals surface area contributed by atoms with Gasteiger partial charge in [0.1, 0.15) is 11.6 Å². The van der Waals surface area contributed by atoms with Gasteiger partial charge in [0.15, 0.2) is 5.76 Å². The number of piperazine rings is 1. The fourth-order valence-electron chi connectivity index (χ4n) is 4.23. The number of aromatic nitrogens is 4. The van der Waals surface area contributed by atoms with E-state index in [9.17, 15) is 4.39 Å². The Labute approximate surface area is 210 Å². The van der Waals surface area contributed by atoms with Crippen molar-refractivity contribution in [1.29, 1.82) is 0 Å². The van der Waals surface area contributed by atoms with E-state index in [4.69, 9.17) is 9.15 Å². The van der Waals surface area contributed by atoms with Gasteiger partial charge in [-0.05, 0) is 55.9 Å².